The Morgan fingerprint density at radius 3 is 2.53 bits per heavy atom. The Bertz CT molecular complexity index is 537. The molecule has 0 aliphatic carbocycles. The monoisotopic (exact) mass is 350 g/mol. The second kappa shape index (κ2) is 6.00. The Labute approximate surface area is 121 Å². The van der Waals surface area contributed by atoms with E-state index in [1.807, 2.05) is 24.3 Å². The lowest BCUT2D eigenvalue weighted by atomic mass is 10.3. The maximum absolute atomic E-state index is 12.1. The molecule has 0 aliphatic heterocycles. The standard InChI is InChI=1S/C12H10BrF3N2S/c13-9-1-3-10(4-2-9)18-7-6-17-11(18)19-8-5-12(14,15)16/h1-4,6-7H,5,8H2. The lowest BCUT2D eigenvalue weighted by Crippen LogP contribution is -2.08. The highest BCUT2D eigenvalue weighted by molar-refractivity contribution is 9.10. The minimum atomic E-state index is -4.12. The zero-order chi connectivity index (χ0) is 13.9. The number of nitrogens with zero attached hydrogens (tertiary/aromatic N) is 2. The molecule has 19 heavy (non-hydrogen) atoms. The summed E-state index contributed by atoms with van der Waals surface area (Å²) in [4.78, 5) is 4.08. The Hall–Kier alpha value is -0.950. The summed E-state index contributed by atoms with van der Waals surface area (Å²) in [5, 5.41) is 0.562. The van der Waals surface area contributed by atoms with E-state index < -0.39 is 12.6 Å². The van der Waals surface area contributed by atoms with Crippen molar-refractivity contribution in [3.05, 3.63) is 41.1 Å². The molecule has 0 atom stereocenters. The quantitative estimate of drug-likeness (QED) is 0.745. The summed E-state index contributed by atoms with van der Waals surface area (Å²) >= 11 is 4.44. The zero-order valence-corrected chi connectivity index (χ0v) is 12.1. The number of alkyl halides is 3. The molecule has 0 radical (unpaired) electrons. The fraction of sp³-hybridized carbons (Fsp3) is 0.250. The Kier molecular flexibility index (Phi) is 4.57. The van der Waals surface area contributed by atoms with Crippen LogP contribution in [0.4, 0.5) is 13.2 Å². The molecular weight excluding hydrogens is 341 g/mol. The molecule has 0 saturated heterocycles. The van der Waals surface area contributed by atoms with E-state index in [1.165, 1.54) is 0 Å². The maximum Gasteiger partial charge on any atom is 0.389 e. The molecule has 0 bridgehead atoms. The summed E-state index contributed by atoms with van der Waals surface area (Å²) in [5.41, 5.74) is 0.871. The predicted molar refractivity (Wildman–Crippen MR) is 72.7 cm³/mol. The zero-order valence-electron chi connectivity index (χ0n) is 9.69. The number of benzene rings is 1. The minimum Gasteiger partial charge on any atom is -0.295 e. The highest BCUT2D eigenvalue weighted by Crippen LogP contribution is 2.27. The number of halogens is 4. The first kappa shape index (κ1) is 14.5. The molecule has 102 valence electrons. The van der Waals surface area contributed by atoms with E-state index in [1.54, 1.807) is 17.0 Å². The first-order valence-corrected chi connectivity index (χ1v) is 7.22. The molecule has 2 rings (SSSR count). The van der Waals surface area contributed by atoms with Gasteiger partial charge in [-0.05, 0) is 24.3 Å². The van der Waals surface area contributed by atoms with E-state index in [0.29, 0.717) is 5.16 Å². The van der Waals surface area contributed by atoms with Crippen LogP contribution in [0.3, 0.4) is 0 Å². The van der Waals surface area contributed by atoms with Gasteiger partial charge in [-0.25, -0.2) is 4.98 Å². The largest absolute Gasteiger partial charge is 0.389 e. The predicted octanol–water partition coefficient (Wildman–Crippen LogP) is 4.68. The van der Waals surface area contributed by atoms with Crippen molar-refractivity contribution in [1.82, 2.24) is 9.55 Å². The van der Waals surface area contributed by atoms with E-state index >= 15 is 0 Å². The van der Waals surface area contributed by atoms with Crippen molar-refractivity contribution in [2.45, 2.75) is 17.8 Å². The Morgan fingerprint density at radius 1 is 1.21 bits per heavy atom. The summed E-state index contributed by atoms with van der Waals surface area (Å²) in [7, 11) is 0. The van der Waals surface area contributed by atoms with Gasteiger partial charge < -0.3 is 0 Å². The fourth-order valence-electron chi connectivity index (χ4n) is 1.45. The van der Waals surface area contributed by atoms with Crippen LogP contribution >= 0.6 is 27.7 Å². The van der Waals surface area contributed by atoms with Gasteiger partial charge in [0.05, 0.1) is 6.42 Å². The van der Waals surface area contributed by atoms with Gasteiger partial charge in [0.15, 0.2) is 5.16 Å². The molecule has 0 fully saturated rings. The van der Waals surface area contributed by atoms with Crippen molar-refractivity contribution in [2.24, 2.45) is 0 Å². The van der Waals surface area contributed by atoms with Crippen LogP contribution in [0.2, 0.25) is 0 Å². The average Bonchev–Trinajstić information content (AvgIpc) is 2.77. The number of hydrogen-bond donors (Lipinski definition) is 0. The SMILES string of the molecule is FC(F)(F)CCSc1nccn1-c1ccc(Br)cc1. The van der Waals surface area contributed by atoms with E-state index in [-0.39, 0.29) is 5.75 Å². The third-order valence-electron chi connectivity index (χ3n) is 2.33. The van der Waals surface area contributed by atoms with Crippen LogP contribution in [-0.2, 0) is 0 Å². The average molecular weight is 351 g/mol. The van der Waals surface area contributed by atoms with Crippen LogP contribution in [-0.4, -0.2) is 21.5 Å². The molecule has 2 aromatic rings. The molecule has 7 heteroatoms. The fourth-order valence-corrected chi connectivity index (χ4v) is 2.67. The molecule has 1 aromatic carbocycles. The van der Waals surface area contributed by atoms with Crippen molar-refractivity contribution in [3.8, 4) is 5.69 Å². The van der Waals surface area contributed by atoms with Crippen LogP contribution in [0.15, 0.2) is 46.3 Å². The van der Waals surface area contributed by atoms with Crippen molar-refractivity contribution >= 4 is 27.7 Å². The Morgan fingerprint density at radius 2 is 1.89 bits per heavy atom. The molecule has 0 unspecified atom stereocenters. The van der Waals surface area contributed by atoms with E-state index in [2.05, 4.69) is 20.9 Å². The molecule has 0 amide bonds. The van der Waals surface area contributed by atoms with Crippen molar-refractivity contribution < 1.29 is 13.2 Å². The smallest absolute Gasteiger partial charge is 0.295 e. The van der Waals surface area contributed by atoms with Crippen LogP contribution in [0.25, 0.3) is 5.69 Å². The van der Waals surface area contributed by atoms with Crippen molar-refractivity contribution in [1.29, 1.82) is 0 Å². The van der Waals surface area contributed by atoms with Gasteiger partial charge in [-0.2, -0.15) is 13.2 Å². The highest BCUT2D eigenvalue weighted by Gasteiger charge is 2.26. The van der Waals surface area contributed by atoms with Gasteiger partial charge in [-0.3, -0.25) is 4.57 Å². The van der Waals surface area contributed by atoms with Gasteiger partial charge in [0.2, 0.25) is 0 Å². The minimum absolute atomic E-state index is 0.0307. The number of hydrogen-bond acceptors (Lipinski definition) is 2. The molecular formula is C12H10BrF3N2S. The van der Waals surface area contributed by atoms with Crippen molar-refractivity contribution in [2.75, 3.05) is 5.75 Å². The lowest BCUT2D eigenvalue weighted by Gasteiger charge is -2.08. The Balaban J connectivity index is 2.07. The van der Waals surface area contributed by atoms with Crippen LogP contribution < -0.4 is 0 Å². The molecule has 0 N–H and O–H groups in total. The van der Waals surface area contributed by atoms with Gasteiger partial charge in [0, 0.05) is 28.3 Å². The van der Waals surface area contributed by atoms with Crippen molar-refractivity contribution in [3.63, 3.8) is 0 Å². The number of imidazole rings is 1. The van der Waals surface area contributed by atoms with Crippen LogP contribution in [0.1, 0.15) is 6.42 Å². The molecule has 1 aromatic heterocycles. The molecule has 0 saturated carbocycles. The van der Waals surface area contributed by atoms with Gasteiger partial charge in [-0.15, -0.1) is 0 Å². The summed E-state index contributed by atoms with van der Waals surface area (Å²) in [6.07, 6.45) is -1.62. The first-order valence-electron chi connectivity index (χ1n) is 5.44. The molecule has 1 heterocycles. The molecule has 0 aliphatic rings. The second-order valence-electron chi connectivity index (χ2n) is 3.77. The summed E-state index contributed by atoms with van der Waals surface area (Å²) in [6.45, 7) is 0. The van der Waals surface area contributed by atoms with Gasteiger partial charge >= 0.3 is 6.18 Å². The van der Waals surface area contributed by atoms with E-state index in [4.69, 9.17) is 0 Å². The van der Waals surface area contributed by atoms with E-state index in [9.17, 15) is 13.2 Å². The topological polar surface area (TPSA) is 17.8 Å². The number of thioether (sulfide) groups is 1. The maximum atomic E-state index is 12.1. The van der Waals surface area contributed by atoms with Crippen LogP contribution in [0, 0.1) is 0 Å². The lowest BCUT2D eigenvalue weighted by molar-refractivity contribution is -0.129. The number of rotatable bonds is 4. The molecule has 2 nitrogen and oxygen atoms in total. The normalized spacial score (nSPS) is 11.8. The van der Waals surface area contributed by atoms with Crippen LogP contribution in [0.5, 0.6) is 0 Å². The molecule has 0 spiro atoms. The number of aromatic nitrogens is 2. The van der Waals surface area contributed by atoms with Gasteiger partial charge in [0.1, 0.15) is 0 Å². The summed E-state index contributed by atoms with van der Waals surface area (Å²) in [6, 6.07) is 7.50. The second-order valence-corrected chi connectivity index (χ2v) is 5.75. The van der Waals surface area contributed by atoms with Gasteiger partial charge in [-0.1, -0.05) is 27.7 Å². The third kappa shape index (κ3) is 4.28. The van der Waals surface area contributed by atoms with E-state index in [0.717, 1.165) is 21.9 Å². The summed E-state index contributed by atoms with van der Waals surface area (Å²) < 4.78 is 39.0. The van der Waals surface area contributed by atoms with Gasteiger partial charge in [0.25, 0.3) is 0 Å². The summed E-state index contributed by atoms with van der Waals surface area (Å²) in [5.74, 6) is -0.0307. The first-order chi connectivity index (χ1) is 8.96. The third-order valence-corrected chi connectivity index (χ3v) is 3.83. The highest BCUT2D eigenvalue weighted by atomic mass is 79.9.